The van der Waals surface area contributed by atoms with E-state index in [-0.39, 0.29) is 42.1 Å². The third-order valence-corrected chi connectivity index (χ3v) is 9.40. The minimum absolute atomic E-state index is 0.0569. The summed E-state index contributed by atoms with van der Waals surface area (Å²) in [6, 6.07) is 9.96. The Hall–Kier alpha value is -5.00. The van der Waals surface area contributed by atoms with Gasteiger partial charge in [0.1, 0.15) is 23.3 Å². The van der Waals surface area contributed by atoms with Crippen molar-refractivity contribution in [2.45, 2.75) is 90.0 Å². The zero-order valence-electron chi connectivity index (χ0n) is 29.6. The first-order valence-electron chi connectivity index (χ1n) is 17.7. The van der Waals surface area contributed by atoms with Crippen molar-refractivity contribution >= 4 is 29.2 Å². The molecule has 1 atom stereocenters. The number of ether oxygens (including phenoxy) is 1. The molecule has 52 heavy (non-hydrogen) atoms. The van der Waals surface area contributed by atoms with Crippen LogP contribution in [-0.2, 0) is 33.3 Å². The van der Waals surface area contributed by atoms with Crippen molar-refractivity contribution in [3.05, 3.63) is 73.3 Å². The summed E-state index contributed by atoms with van der Waals surface area (Å²) < 4.78 is 47.1. The number of piperidine rings is 1. The van der Waals surface area contributed by atoms with Crippen molar-refractivity contribution in [1.82, 2.24) is 15.3 Å². The number of hydrogen-bond acceptors (Lipinski definition) is 11. The molecule has 2 N–H and O–H groups in total. The Morgan fingerprint density at radius 3 is 2.27 bits per heavy atom. The fourth-order valence-electron chi connectivity index (χ4n) is 6.55. The summed E-state index contributed by atoms with van der Waals surface area (Å²) in [7, 11) is 0. The number of hydrogen-bond donors (Lipinski definition) is 2. The molecule has 278 valence electrons. The molecule has 0 spiro atoms. The van der Waals surface area contributed by atoms with Gasteiger partial charge in [-0.3, -0.25) is 19.2 Å². The topological polar surface area (TPSA) is 158 Å². The van der Waals surface area contributed by atoms with Crippen LogP contribution in [-0.4, -0.2) is 66.2 Å². The van der Waals surface area contributed by atoms with E-state index in [4.69, 9.17) is 10.00 Å². The first kappa shape index (κ1) is 38.2. The number of carbonyl (C=O) groups is 2. The van der Waals surface area contributed by atoms with Gasteiger partial charge in [-0.25, -0.2) is 9.97 Å². The lowest BCUT2D eigenvalue weighted by molar-refractivity contribution is -0.154. The second kappa shape index (κ2) is 16.1. The van der Waals surface area contributed by atoms with Crippen LogP contribution in [0.3, 0.4) is 0 Å². The summed E-state index contributed by atoms with van der Waals surface area (Å²) >= 11 is 0. The number of amides is 1. The Morgan fingerprint density at radius 1 is 0.962 bits per heavy atom. The van der Waals surface area contributed by atoms with E-state index < -0.39 is 40.5 Å². The predicted octanol–water partition coefficient (Wildman–Crippen LogP) is 4.28. The Morgan fingerprint density at radius 2 is 1.65 bits per heavy atom. The fourth-order valence-corrected chi connectivity index (χ4v) is 6.55. The summed E-state index contributed by atoms with van der Waals surface area (Å²) in [5, 5.41) is 14.7. The largest absolute Gasteiger partial charge is 0.460 e. The van der Waals surface area contributed by atoms with Crippen LogP contribution in [0, 0.1) is 17.2 Å². The Bertz CT molecular complexity index is 1850. The van der Waals surface area contributed by atoms with E-state index in [9.17, 15) is 32.3 Å². The lowest BCUT2D eigenvalue weighted by Gasteiger charge is -2.41. The molecule has 2 fully saturated rings. The van der Waals surface area contributed by atoms with Crippen LogP contribution in [0.4, 0.5) is 30.5 Å². The second-order valence-corrected chi connectivity index (χ2v) is 14.4. The molecule has 2 aromatic carbocycles. The maximum Gasteiger partial charge on any atom is 0.451 e. The Balaban J connectivity index is 1.12. The van der Waals surface area contributed by atoms with E-state index in [1.165, 1.54) is 6.07 Å². The number of anilines is 3. The molecule has 0 bridgehead atoms. The van der Waals surface area contributed by atoms with Gasteiger partial charge in [-0.15, -0.1) is 0 Å². The van der Waals surface area contributed by atoms with E-state index in [1.807, 2.05) is 17.0 Å². The first-order chi connectivity index (χ1) is 24.6. The van der Waals surface area contributed by atoms with E-state index in [0.29, 0.717) is 75.8 Å². The molecule has 3 aromatic rings. The van der Waals surface area contributed by atoms with Gasteiger partial charge in [0.05, 0.1) is 23.7 Å². The van der Waals surface area contributed by atoms with E-state index in [1.54, 1.807) is 37.8 Å². The van der Waals surface area contributed by atoms with Gasteiger partial charge in [-0.05, 0) is 89.3 Å². The van der Waals surface area contributed by atoms with Gasteiger partial charge in [0.15, 0.2) is 0 Å². The zero-order valence-corrected chi connectivity index (χ0v) is 29.6. The molecule has 1 aromatic heterocycles. The molecular formula is C37H44F3N7O5. The van der Waals surface area contributed by atoms with Crippen molar-refractivity contribution in [3.63, 3.8) is 0 Å². The summed E-state index contributed by atoms with van der Waals surface area (Å²) in [4.78, 5) is 60.4. The van der Waals surface area contributed by atoms with Crippen LogP contribution in [0.2, 0.25) is 0 Å². The highest BCUT2D eigenvalue weighted by atomic mass is 19.4. The number of halogens is 3. The molecule has 0 radical (unpaired) electrons. The molecular weight excluding hydrogens is 679 g/mol. The average Bonchev–Trinajstić information content (AvgIpc) is 3.07. The van der Waals surface area contributed by atoms with Gasteiger partial charge in [0.2, 0.25) is 22.6 Å². The van der Waals surface area contributed by atoms with Gasteiger partial charge in [-0.2, -0.15) is 18.4 Å². The van der Waals surface area contributed by atoms with Crippen LogP contribution >= 0.6 is 0 Å². The van der Waals surface area contributed by atoms with Crippen molar-refractivity contribution in [1.29, 1.82) is 5.26 Å². The number of aromatic nitrogens is 2. The van der Waals surface area contributed by atoms with E-state index in [2.05, 4.69) is 26.7 Å². The molecule has 12 nitrogen and oxygen atoms in total. The number of rotatable bonds is 14. The van der Waals surface area contributed by atoms with Crippen molar-refractivity contribution in [3.8, 4) is 6.07 Å². The number of alkyl halides is 3. The minimum atomic E-state index is -4.77. The monoisotopic (exact) mass is 723 g/mol. The lowest BCUT2D eigenvalue weighted by atomic mass is 9.90. The molecule has 0 saturated carbocycles. The van der Waals surface area contributed by atoms with Crippen LogP contribution in [0.5, 0.6) is 0 Å². The molecule has 0 aliphatic carbocycles. The predicted molar refractivity (Wildman–Crippen MR) is 189 cm³/mol. The highest BCUT2D eigenvalue weighted by molar-refractivity contribution is 5.86. The fraction of sp³-hybridized carbons (Fsp3) is 0.541. The van der Waals surface area contributed by atoms with E-state index in [0.717, 1.165) is 12.0 Å². The highest BCUT2D eigenvalue weighted by Crippen LogP contribution is 2.35. The third kappa shape index (κ3) is 9.65. The highest BCUT2D eigenvalue weighted by Gasteiger charge is 2.40. The summed E-state index contributed by atoms with van der Waals surface area (Å²) in [6.07, 6.45) is -0.405. The number of nitrogens with zero attached hydrogens (tertiary/aromatic N) is 5. The number of nitriles is 1. The van der Waals surface area contributed by atoms with Crippen LogP contribution in [0.15, 0.2) is 39.9 Å². The first-order valence-corrected chi connectivity index (χ1v) is 17.7. The van der Waals surface area contributed by atoms with Gasteiger partial charge < -0.3 is 25.2 Å². The summed E-state index contributed by atoms with van der Waals surface area (Å²) in [5.41, 5.74) is 0.467. The summed E-state index contributed by atoms with van der Waals surface area (Å²) in [6.45, 7) is 7.17. The van der Waals surface area contributed by atoms with Crippen LogP contribution in [0.1, 0.15) is 81.8 Å². The normalized spacial score (nSPS) is 16.7. The molecule has 2 aliphatic rings. The van der Waals surface area contributed by atoms with Crippen molar-refractivity contribution < 1.29 is 27.5 Å². The van der Waals surface area contributed by atoms with Crippen LogP contribution < -0.4 is 31.3 Å². The van der Waals surface area contributed by atoms with Crippen molar-refractivity contribution in [2.75, 3.05) is 47.8 Å². The Kier molecular flexibility index (Phi) is 11.9. The van der Waals surface area contributed by atoms with Gasteiger partial charge in [-0.1, -0.05) is 12.1 Å². The lowest BCUT2D eigenvalue weighted by Crippen LogP contribution is -2.57. The number of benzene rings is 1. The summed E-state index contributed by atoms with van der Waals surface area (Å²) in [5.74, 6) is -1.45. The Labute approximate surface area is 300 Å². The molecule has 2 saturated heterocycles. The zero-order chi connectivity index (χ0) is 37.6. The maximum atomic E-state index is 13.9. The standard InChI is InChI=1S/C37H44F3N7O5/c1-36(2,3)52-30(48)12-17-42-31-26(32(49)33(31)50)6-4-5-23-13-18-46(19-14-23)28-21-29(45-35(44-28)37(38,39)40)47-20-15-27(47)34(51)43-16-11-24-7-9-25(22-41)10-8-24/h7-10,21,23,27,42H,4-6,11-20H2,1-3H3,(H,43,51)/t27-/m0/s1. The molecule has 3 heterocycles. The van der Waals surface area contributed by atoms with Gasteiger partial charge in [0, 0.05) is 44.4 Å². The van der Waals surface area contributed by atoms with E-state index >= 15 is 0 Å². The third-order valence-electron chi connectivity index (χ3n) is 9.40. The average molecular weight is 724 g/mol. The second-order valence-electron chi connectivity index (χ2n) is 14.4. The number of nitrogens with one attached hydrogen (secondary N) is 2. The SMILES string of the molecule is CC(C)(C)OC(=O)CCNc1c(CCCC2CCN(c3cc(N4CC[C@H]4C(=O)NCCc4ccc(C#N)cc4)nc(C(F)(F)F)n3)CC2)c(=O)c1=O. The van der Waals surface area contributed by atoms with Gasteiger partial charge in [0.25, 0.3) is 0 Å². The quantitative estimate of drug-likeness (QED) is 0.181. The van der Waals surface area contributed by atoms with Crippen molar-refractivity contribution in [2.24, 2.45) is 5.92 Å². The smallest absolute Gasteiger partial charge is 0.451 e. The molecule has 15 heteroatoms. The number of carbonyl (C=O) groups excluding carboxylic acids is 2. The molecule has 2 aliphatic heterocycles. The van der Waals surface area contributed by atoms with Crippen LogP contribution in [0.25, 0.3) is 0 Å². The molecule has 5 rings (SSSR count). The van der Waals surface area contributed by atoms with Gasteiger partial charge >= 0.3 is 12.1 Å². The minimum Gasteiger partial charge on any atom is -0.460 e. The number of esters is 1. The maximum absolute atomic E-state index is 13.9. The molecule has 0 unspecified atom stereocenters. The molecule has 1 amide bonds.